The summed E-state index contributed by atoms with van der Waals surface area (Å²) in [5, 5.41) is 19.5. The Balaban J connectivity index is 1.77. The third-order valence-electron chi connectivity index (χ3n) is 3.06. The van der Waals surface area contributed by atoms with Crippen LogP contribution in [0.2, 0.25) is 0 Å². The molecule has 0 aliphatic rings. The Morgan fingerprint density at radius 1 is 1.14 bits per heavy atom. The monoisotopic (exact) mass is 302 g/mol. The Morgan fingerprint density at radius 3 is 2.64 bits per heavy atom. The smallest absolute Gasteiger partial charge is 0.303 e. The molecule has 2 aromatic rings. The lowest BCUT2D eigenvalue weighted by atomic mass is 10.2. The van der Waals surface area contributed by atoms with Gasteiger partial charge in [0.25, 0.3) is 5.91 Å². The number of carbonyl (C=O) groups is 2. The number of rotatable bonds is 8. The molecule has 0 unspecified atom stereocenters. The van der Waals surface area contributed by atoms with Crippen LogP contribution >= 0.6 is 0 Å². The molecule has 7 heteroatoms. The van der Waals surface area contributed by atoms with E-state index in [2.05, 4.69) is 15.5 Å². The van der Waals surface area contributed by atoms with E-state index in [4.69, 9.17) is 5.11 Å². The third kappa shape index (κ3) is 4.69. The van der Waals surface area contributed by atoms with Gasteiger partial charge in [-0.05, 0) is 25.0 Å². The highest BCUT2D eigenvalue weighted by Gasteiger charge is 2.10. The molecule has 2 N–H and O–H groups in total. The number of hydrogen-bond acceptors (Lipinski definition) is 4. The number of carbonyl (C=O) groups excluding carboxylic acids is 1. The van der Waals surface area contributed by atoms with E-state index in [1.54, 1.807) is 0 Å². The van der Waals surface area contributed by atoms with Crippen molar-refractivity contribution in [1.29, 1.82) is 0 Å². The van der Waals surface area contributed by atoms with Crippen molar-refractivity contribution in [3.05, 3.63) is 42.2 Å². The first kappa shape index (κ1) is 15.7. The predicted octanol–water partition coefficient (Wildman–Crippen LogP) is 1.64. The Kier molecular flexibility index (Phi) is 5.65. The summed E-state index contributed by atoms with van der Waals surface area (Å²) in [5.41, 5.74) is 1.05. The molecule has 7 nitrogen and oxygen atoms in total. The van der Waals surface area contributed by atoms with Crippen LogP contribution < -0.4 is 5.32 Å². The molecule has 0 radical (unpaired) electrons. The number of aromatic nitrogens is 3. The fraction of sp³-hybridized carbons (Fsp3) is 0.333. The maximum atomic E-state index is 11.9. The topological polar surface area (TPSA) is 97.1 Å². The van der Waals surface area contributed by atoms with Crippen molar-refractivity contribution in [1.82, 2.24) is 20.3 Å². The van der Waals surface area contributed by atoms with Crippen LogP contribution in [-0.2, 0) is 4.79 Å². The van der Waals surface area contributed by atoms with Gasteiger partial charge in [-0.3, -0.25) is 9.59 Å². The normalized spacial score (nSPS) is 10.4. The summed E-state index contributed by atoms with van der Waals surface area (Å²) in [6, 6.07) is 9.34. The van der Waals surface area contributed by atoms with Crippen molar-refractivity contribution in [2.45, 2.75) is 25.7 Å². The Bertz CT molecular complexity index is 625. The van der Waals surface area contributed by atoms with Crippen LogP contribution in [0.25, 0.3) is 5.69 Å². The van der Waals surface area contributed by atoms with E-state index < -0.39 is 5.97 Å². The molecule has 0 aliphatic carbocycles. The molecule has 1 heterocycles. The summed E-state index contributed by atoms with van der Waals surface area (Å²) in [5.74, 6) is -1.07. The predicted molar refractivity (Wildman–Crippen MR) is 79.8 cm³/mol. The lowest BCUT2D eigenvalue weighted by Crippen LogP contribution is -2.25. The summed E-state index contributed by atoms with van der Waals surface area (Å²) in [7, 11) is 0. The van der Waals surface area contributed by atoms with Crippen molar-refractivity contribution in [2.24, 2.45) is 0 Å². The van der Waals surface area contributed by atoms with Crippen molar-refractivity contribution >= 4 is 11.9 Å². The van der Waals surface area contributed by atoms with Crippen LogP contribution in [0, 0.1) is 0 Å². The first-order valence-electron chi connectivity index (χ1n) is 7.14. The van der Waals surface area contributed by atoms with Gasteiger partial charge in [-0.25, -0.2) is 0 Å². The quantitative estimate of drug-likeness (QED) is 0.722. The second-order valence-corrected chi connectivity index (χ2v) is 4.82. The SMILES string of the molecule is O=C(O)CCCCCNC(=O)c1cnn(-c2ccccc2)n1. The van der Waals surface area contributed by atoms with Gasteiger partial charge < -0.3 is 10.4 Å². The summed E-state index contributed by atoms with van der Waals surface area (Å²) in [4.78, 5) is 23.7. The van der Waals surface area contributed by atoms with Crippen LogP contribution in [0.4, 0.5) is 0 Å². The number of aliphatic carboxylic acids is 1. The highest BCUT2D eigenvalue weighted by molar-refractivity contribution is 5.91. The van der Waals surface area contributed by atoms with Gasteiger partial charge >= 0.3 is 5.97 Å². The van der Waals surface area contributed by atoms with Gasteiger partial charge in [-0.1, -0.05) is 24.6 Å². The summed E-state index contributed by atoms with van der Waals surface area (Å²) in [6.45, 7) is 0.497. The highest BCUT2D eigenvalue weighted by atomic mass is 16.4. The molecule has 0 spiro atoms. The molecule has 116 valence electrons. The second-order valence-electron chi connectivity index (χ2n) is 4.82. The zero-order valence-electron chi connectivity index (χ0n) is 12.1. The molecule has 1 aromatic carbocycles. The average Bonchev–Trinajstić information content (AvgIpc) is 3.01. The summed E-state index contributed by atoms with van der Waals surface area (Å²) in [6.07, 6.45) is 3.72. The van der Waals surface area contributed by atoms with Crippen molar-refractivity contribution < 1.29 is 14.7 Å². The Labute approximate surface area is 128 Å². The van der Waals surface area contributed by atoms with Gasteiger partial charge in [-0.2, -0.15) is 9.90 Å². The van der Waals surface area contributed by atoms with Gasteiger partial charge in [0, 0.05) is 13.0 Å². The Morgan fingerprint density at radius 2 is 1.91 bits per heavy atom. The zero-order chi connectivity index (χ0) is 15.8. The largest absolute Gasteiger partial charge is 0.481 e. The minimum atomic E-state index is -0.790. The molecule has 0 aliphatic heterocycles. The molecule has 0 saturated carbocycles. The van der Waals surface area contributed by atoms with E-state index in [1.165, 1.54) is 11.0 Å². The summed E-state index contributed by atoms with van der Waals surface area (Å²) < 4.78 is 0. The molecular formula is C15H18N4O3. The summed E-state index contributed by atoms with van der Waals surface area (Å²) >= 11 is 0. The molecular weight excluding hydrogens is 284 g/mol. The van der Waals surface area contributed by atoms with Crippen LogP contribution in [0.5, 0.6) is 0 Å². The molecule has 1 amide bonds. The zero-order valence-corrected chi connectivity index (χ0v) is 12.1. The lowest BCUT2D eigenvalue weighted by molar-refractivity contribution is -0.137. The van der Waals surface area contributed by atoms with Crippen LogP contribution in [0.1, 0.15) is 36.2 Å². The van der Waals surface area contributed by atoms with Crippen LogP contribution in [0.3, 0.4) is 0 Å². The first-order chi connectivity index (χ1) is 10.7. The molecule has 2 rings (SSSR count). The third-order valence-corrected chi connectivity index (χ3v) is 3.06. The minimum absolute atomic E-state index is 0.166. The maximum absolute atomic E-state index is 11.9. The number of carboxylic acids is 1. The first-order valence-corrected chi connectivity index (χ1v) is 7.14. The second kappa shape index (κ2) is 7.92. The van der Waals surface area contributed by atoms with E-state index in [0.717, 1.165) is 18.5 Å². The fourth-order valence-corrected chi connectivity index (χ4v) is 1.92. The highest BCUT2D eigenvalue weighted by Crippen LogP contribution is 2.04. The van der Waals surface area contributed by atoms with Gasteiger partial charge in [-0.15, -0.1) is 5.10 Å². The standard InChI is InChI=1S/C15H18N4O3/c20-14(21)9-5-2-6-10-16-15(22)13-11-17-19(18-13)12-7-3-1-4-8-12/h1,3-4,7-8,11H,2,5-6,9-10H2,(H,16,22)(H,20,21). The van der Waals surface area contributed by atoms with Gasteiger partial charge in [0.1, 0.15) is 0 Å². The average molecular weight is 302 g/mol. The van der Waals surface area contributed by atoms with E-state index in [1.807, 2.05) is 30.3 Å². The van der Waals surface area contributed by atoms with E-state index in [-0.39, 0.29) is 18.0 Å². The number of carboxylic acid groups (broad SMARTS) is 1. The number of nitrogens with zero attached hydrogens (tertiary/aromatic N) is 3. The minimum Gasteiger partial charge on any atom is -0.481 e. The van der Waals surface area contributed by atoms with E-state index >= 15 is 0 Å². The van der Waals surface area contributed by atoms with Crippen molar-refractivity contribution in [2.75, 3.05) is 6.54 Å². The van der Waals surface area contributed by atoms with Crippen molar-refractivity contribution in [3.63, 3.8) is 0 Å². The molecule has 22 heavy (non-hydrogen) atoms. The maximum Gasteiger partial charge on any atom is 0.303 e. The number of amides is 1. The number of hydrogen-bond donors (Lipinski definition) is 2. The van der Waals surface area contributed by atoms with E-state index in [0.29, 0.717) is 13.0 Å². The number of para-hydroxylation sites is 1. The van der Waals surface area contributed by atoms with Crippen LogP contribution in [-0.4, -0.2) is 38.5 Å². The molecule has 0 fully saturated rings. The fourth-order valence-electron chi connectivity index (χ4n) is 1.92. The molecule has 0 saturated heterocycles. The molecule has 1 aromatic heterocycles. The van der Waals surface area contributed by atoms with E-state index in [9.17, 15) is 9.59 Å². The number of benzene rings is 1. The van der Waals surface area contributed by atoms with Gasteiger partial charge in [0.15, 0.2) is 5.69 Å². The lowest BCUT2D eigenvalue weighted by Gasteiger charge is -2.02. The molecule has 0 atom stereocenters. The van der Waals surface area contributed by atoms with Crippen LogP contribution in [0.15, 0.2) is 36.5 Å². The number of unbranched alkanes of at least 4 members (excludes halogenated alkanes) is 2. The van der Waals surface area contributed by atoms with Gasteiger partial charge in [0.05, 0.1) is 11.9 Å². The number of nitrogens with one attached hydrogen (secondary N) is 1. The van der Waals surface area contributed by atoms with Crippen molar-refractivity contribution in [3.8, 4) is 5.69 Å². The Hall–Kier alpha value is -2.70. The molecule has 0 bridgehead atoms. The van der Waals surface area contributed by atoms with Gasteiger partial charge in [0.2, 0.25) is 0 Å².